The lowest BCUT2D eigenvalue weighted by Crippen LogP contribution is -2.64. The van der Waals surface area contributed by atoms with Crippen LogP contribution in [0.2, 0.25) is 0 Å². The van der Waals surface area contributed by atoms with E-state index in [4.69, 9.17) is 9.47 Å². The average Bonchev–Trinajstić information content (AvgIpc) is 3.10. The van der Waals surface area contributed by atoms with Crippen LogP contribution in [0.15, 0.2) is 0 Å². The molecule has 36 heavy (non-hydrogen) atoms. The molecule has 2 N–H and O–H groups in total. The zero-order chi connectivity index (χ0) is 26.4. The Labute approximate surface area is 216 Å². The van der Waals surface area contributed by atoms with Crippen molar-refractivity contribution in [1.29, 1.82) is 0 Å². The van der Waals surface area contributed by atoms with E-state index >= 15 is 0 Å². The van der Waals surface area contributed by atoms with E-state index in [1.165, 1.54) is 13.8 Å². The zero-order valence-electron chi connectivity index (χ0n) is 23.0. The molecule has 7 heteroatoms. The van der Waals surface area contributed by atoms with Gasteiger partial charge in [-0.2, -0.15) is 0 Å². The molecule has 4 saturated carbocycles. The molecule has 4 rings (SSSR count). The summed E-state index contributed by atoms with van der Waals surface area (Å²) in [6, 6.07) is 0.228. The van der Waals surface area contributed by atoms with E-state index in [2.05, 4.69) is 33.0 Å². The molecule has 0 heterocycles. The van der Waals surface area contributed by atoms with Gasteiger partial charge in [0.15, 0.2) is 0 Å². The summed E-state index contributed by atoms with van der Waals surface area (Å²) in [5.74, 6) is 0.623. The summed E-state index contributed by atoms with van der Waals surface area (Å²) in [4.78, 5) is 36.2. The number of carbonyl (C=O) groups is 3. The Morgan fingerprint density at radius 3 is 2.22 bits per heavy atom. The number of hydrogen-bond donors (Lipinski definition) is 2. The molecule has 5 unspecified atom stereocenters. The van der Waals surface area contributed by atoms with Gasteiger partial charge >= 0.3 is 17.9 Å². The van der Waals surface area contributed by atoms with E-state index in [0.717, 1.165) is 51.5 Å². The molecule has 0 aromatic heterocycles. The number of nitrogens with one attached hydrogen (secondary N) is 1. The van der Waals surface area contributed by atoms with Gasteiger partial charge in [0.1, 0.15) is 12.2 Å². The molecular weight excluding hydrogens is 458 g/mol. The van der Waals surface area contributed by atoms with Crippen LogP contribution >= 0.6 is 0 Å². The molecule has 0 aliphatic heterocycles. The molecular formula is C29H47NO6. The third-order valence-electron chi connectivity index (χ3n) is 10.7. The highest BCUT2D eigenvalue weighted by molar-refractivity contribution is 5.71. The highest BCUT2D eigenvalue weighted by Gasteiger charge is 2.65. The molecule has 4 aliphatic carbocycles. The molecule has 4 aliphatic rings. The molecule has 4 fully saturated rings. The smallest absolute Gasteiger partial charge is 0.307 e. The summed E-state index contributed by atoms with van der Waals surface area (Å²) in [6.07, 6.45) is 6.41. The number of aliphatic carboxylic acids is 1. The molecule has 0 saturated heterocycles. The Hall–Kier alpha value is -1.63. The maximum Gasteiger partial charge on any atom is 0.307 e. The van der Waals surface area contributed by atoms with E-state index in [0.29, 0.717) is 36.0 Å². The molecule has 0 spiro atoms. The summed E-state index contributed by atoms with van der Waals surface area (Å²) < 4.78 is 11.5. The van der Waals surface area contributed by atoms with Crippen LogP contribution < -0.4 is 5.32 Å². The number of ether oxygens (including phenoxy) is 2. The number of esters is 2. The number of fused-ring (bicyclic) bond motifs is 5. The molecule has 7 nitrogen and oxygen atoms in total. The third-order valence-corrected chi connectivity index (χ3v) is 10.7. The average molecular weight is 506 g/mol. The second kappa shape index (κ2) is 10.3. The van der Waals surface area contributed by atoms with Gasteiger partial charge in [-0.25, -0.2) is 0 Å². The van der Waals surface area contributed by atoms with Gasteiger partial charge < -0.3 is 19.9 Å². The summed E-state index contributed by atoms with van der Waals surface area (Å²) in [6.45, 7) is 12.9. The minimum atomic E-state index is -0.643. The fraction of sp³-hybridized carbons (Fsp3) is 0.897. The molecule has 204 valence electrons. The lowest BCUT2D eigenvalue weighted by Gasteiger charge is -2.64. The summed E-state index contributed by atoms with van der Waals surface area (Å²) >= 11 is 0. The normalized spacial score (nSPS) is 43.8. The largest absolute Gasteiger partial charge is 0.481 e. The maximum atomic E-state index is 12.3. The van der Waals surface area contributed by atoms with Crippen LogP contribution in [0.5, 0.6) is 0 Å². The van der Waals surface area contributed by atoms with E-state index in [-0.39, 0.29) is 34.7 Å². The quantitative estimate of drug-likeness (QED) is 0.478. The predicted octanol–water partition coefficient (Wildman–Crippen LogP) is 4.82. The van der Waals surface area contributed by atoms with Gasteiger partial charge in [-0.3, -0.25) is 14.4 Å². The molecule has 0 bridgehead atoms. The number of rotatable bonds is 7. The molecule has 0 aromatic carbocycles. The highest BCUT2D eigenvalue weighted by Crippen LogP contribution is 2.67. The lowest BCUT2D eigenvalue weighted by atomic mass is 9.43. The first-order chi connectivity index (χ1) is 16.9. The van der Waals surface area contributed by atoms with Gasteiger partial charge in [-0.1, -0.05) is 27.7 Å². The number of carboxylic acid groups (broad SMARTS) is 1. The fourth-order valence-electron chi connectivity index (χ4n) is 9.25. The van der Waals surface area contributed by atoms with Crippen LogP contribution in [0.25, 0.3) is 0 Å². The summed E-state index contributed by atoms with van der Waals surface area (Å²) in [7, 11) is 0. The lowest BCUT2D eigenvalue weighted by molar-refractivity contribution is -0.199. The van der Waals surface area contributed by atoms with Gasteiger partial charge in [-0.05, 0) is 98.3 Å². The van der Waals surface area contributed by atoms with Crippen molar-refractivity contribution in [3.8, 4) is 0 Å². The first-order valence-corrected chi connectivity index (χ1v) is 14.2. The Kier molecular flexibility index (Phi) is 7.81. The summed E-state index contributed by atoms with van der Waals surface area (Å²) in [5, 5.41) is 14.0. The van der Waals surface area contributed by atoms with E-state index in [1.54, 1.807) is 0 Å². The first kappa shape index (κ1) is 27.4. The Morgan fingerprint density at radius 1 is 0.944 bits per heavy atom. The zero-order valence-corrected chi connectivity index (χ0v) is 23.0. The van der Waals surface area contributed by atoms with Gasteiger partial charge in [0, 0.05) is 19.9 Å². The Morgan fingerprint density at radius 2 is 1.61 bits per heavy atom. The number of carbonyl (C=O) groups excluding carboxylic acids is 2. The molecule has 0 radical (unpaired) electrons. The van der Waals surface area contributed by atoms with E-state index in [1.807, 2.05) is 0 Å². The van der Waals surface area contributed by atoms with E-state index < -0.39 is 18.2 Å². The molecule has 0 aromatic rings. The highest BCUT2D eigenvalue weighted by atomic mass is 16.6. The third kappa shape index (κ3) is 4.93. The van der Waals surface area contributed by atoms with Crippen molar-refractivity contribution < 1.29 is 29.0 Å². The van der Waals surface area contributed by atoms with Gasteiger partial charge in [-0.15, -0.1) is 0 Å². The van der Waals surface area contributed by atoms with Crippen LogP contribution in [0.3, 0.4) is 0 Å². The van der Waals surface area contributed by atoms with Gasteiger partial charge in [0.05, 0.1) is 5.92 Å². The minimum Gasteiger partial charge on any atom is -0.481 e. The van der Waals surface area contributed by atoms with Crippen LogP contribution in [-0.2, 0) is 23.9 Å². The molecule has 10 atom stereocenters. The Balaban J connectivity index is 1.68. The van der Waals surface area contributed by atoms with Crippen molar-refractivity contribution in [2.75, 3.05) is 6.54 Å². The Bertz CT molecular complexity index is 859. The van der Waals surface area contributed by atoms with Crippen LogP contribution in [0.1, 0.15) is 92.9 Å². The van der Waals surface area contributed by atoms with Crippen molar-refractivity contribution in [2.24, 2.45) is 46.3 Å². The van der Waals surface area contributed by atoms with Crippen LogP contribution in [-0.4, -0.2) is 47.8 Å². The second-order valence-electron chi connectivity index (χ2n) is 13.2. The van der Waals surface area contributed by atoms with Crippen LogP contribution in [0, 0.1) is 46.3 Å². The fourth-order valence-corrected chi connectivity index (χ4v) is 9.25. The van der Waals surface area contributed by atoms with Gasteiger partial charge in [0.2, 0.25) is 0 Å². The monoisotopic (exact) mass is 505 g/mol. The van der Waals surface area contributed by atoms with Crippen LogP contribution in [0.4, 0.5) is 0 Å². The summed E-state index contributed by atoms with van der Waals surface area (Å²) in [5.41, 5.74) is -0.270. The van der Waals surface area contributed by atoms with E-state index in [9.17, 15) is 19.5 Å². The molecule has 0 amide bonds. The SMILES string of the molecule is CC(=O)OC1CC2CC[C@@H]3[C@@H](C(NCCC(C)C)C[C@]4(C)C(C(=O)O)CC[C@@H]34)[C@@]2(C)CC1OC(C)=O. The van der Waals surface area contributed by atoms with Crippen molar-refractivity contribution in [2.45, 2.75) is 111 Å². The minimum absolute atomic E-state index is 0.0716. The van der Waals surface area contributed by atoms with Crippen molar-refractivity contribution in [3.05, 3.63) is 0 Å². The predicted molar refractivity (Wildman–Crippen MR) is 136 cm³/mol. The maximum absolute atomic E-state index is 12.3. The van der Waals surface area contributed by atoms with Crippen molar-refractivity contribution in [1.82, 2.24) is 5.32 Å². The van der Waals surface area contributed by atoms with Crippen molar-refractivity contribution >= 4 is 17.9 Å². The van der Waals surface area contributed by atoms with Crippen molar-refractivity contribution in [3.63, 3.8) is 0 Å². The number of carboxylic acids is 1. The second-order valence-corrected chi connectivity index (χ2v) is 13.2. The number of hydrogen-bond acceptors (Lipinski definition) is 6. The topological polar surface area (TPSA) is 102 Å². The standard InChI is InChI=1S/C29H47NO6/c1-16(2)11-12-30-23-14-29(6)21(9-10-22(29)27(33)34)20-8-7-19-13-24(35-17(3)31)25(36-18(4)32)15-28(19,5)26(20)23/h16,19-26,30H,7-15H2,1-6H3,(H,33,34)/t19?,20-,21-,22?,23?,24?,25?,26-,28-,29-/m0/s1. The first-order valence-electron chi connectivity index (χ1n) is 14.2. The van der Waals surface area contributed by atoms with Gasteiger partial charge in [0.25, 0.3) is 0 Å².